The molecule has 2 saturated carbocycles. The first-order valence-corrected chi connectivity index (χ1v) is 52.3. The van der Waals surface area contributed by atoms with Gasteiger partial charge in [-0.15, -0.1) is 0 Å². The fourth-order valence-corrected chi connectivity index (χ4v) is 18.9. The zero-order valence-electron chi connectivity index (χ0n) is 88.6. The van der Waals surface area contributed by atoms with E-state index in [2.05, 4.69) is 220 Å². The van der Waals surface area contributed by atoms with Gasteiger partial charge in [-0.2, -0.15) is 20.4 Å². The lowest BCUT2D eigenvalue weighted by Gasteiger charge is -2.26. The van der Waals surface area contributed by atoms with Crippen LogP contribution in [-0.4, -0.2) is 241 Å². The number of amides is 5. The number of nitrogens with zero attached hydrogens (tertiary/aromatic N) is 15. The average molecular weight is 2030 g/mol. The molecule has 21 rings (SSSR count). The number of benzene rings is 8. The average Bonchev–Trinajstić information content (AvgIpc) is 1.62. The maximum Gasteiger partial charge on any atom is 0.410 e. The third kappa shape index (κ3) is 33.2. The number of hydrogen-bond donors (Lipinski definition) is 13. The minimum atomic E-state index is -3.33. The van der Waals surface area contributed by atoms with E-state index in [-0.39, 0.29) is 23.1 Å². The predicted octanol–water partition coefficient (Wildman–Crippen LogP) is 19.1. The van der Waals surface area contributed by atoms with Crippen LogP contribution in [0.4, 0.5) is 88.0 Å². The molecule has 0 radical (unpaired) electrons. The topological polar surface area (TPSA) is 366 Å². The van der Waals surface area contributed by atoms with Crippen molar-refractivity contribution < 1.29 is 27.5 Å². The number of aryl methyl sites for hydroxylation is 6. The van der Waals surface area contributed by atoms with Crippen LogP contribution in [0.5, 0.6) is 0 Å². The van der Waals surface area contributed by atoms with Crippen LogP contribution in [0.2, 0.25) is 0 Å². The van der Waals surface area contributed by atoms with Crippen LogP contribution < -0.4 is 82.8 Å². The van der Waals surface area contributed by atoms with Gasteiger partial charge in [0.05, 0.1) is 32.5 Å². The largest absolute Gasteiger partial charge is 0.444 e. The van der Waals surface area contributed by atoms with E-state index in [1.807, 2.05) is 225 Å². The van der Waals surface area contributed by atoms with Gasteiger partial charge in [0.2, 0.25) is 10.0 Å². The van der Waals surface area contributed by atoms with Crippen molar-refractivity contribution in [2.45, 2.75) is 127 Å². The highest BCUT2D eigenvalue weighted by atomic mass is 32.2. The maximum atomic E-state index is 11.7. The number of anilines is 13. The van der Waals surface area contributed by atoms with E-state index in [0.29, 0.717) is 12.6 Å². The number of para-hydroxylation sites is 2. The highest BCUT2D eigenvalue weighted by Gasteiger charge is 2.32. The number of likely N-dealkylation sites (tertiary alicyclic amines) is 1. The molecule has 5 fully saturated rings. The van der Waals surface area contributed by atoms with Crippen molar-refractivity contribution in [1.29, 1.82) is 0 Å². The molecule has 8 aromatic carbocycles. The number of urea groups is 2. The van der Waals surface area contributed by atoms with Crippen molar-refractivity contribution in [3.8, 4) is 33.1 Å². The molecule has 3 aliphatic carbocycles. The number of rotatable bonds is 20. The van der Waals surface area contributed by atoms with Gasteiger partial charge in [0.15, 0.2) is 11.0 Å². The zero-order valence-corrected chi connectivity index (χ0v) is 90.3. The Hall–Kier alpha value is -14.6. The number of likely N-dealkylation sites (N-methyl/N-ethyl adjacent to an activating group) is 3. The lowest BCUT2D eigenvalue weighted by molar-refractivity contribution is 0.0291. The van der Waals surface area contributed by atoms with Gasteiger partial charge in [0.25, 0.3) is 0 Å². The summed E-state index contributed by atoms with van der Waals surface area (Å²) in [6.45, 7) is 20.6. The van der Waals surface area contributed by atoms with Gasteiger partial charge >= 0.3 is 18.2 Å². The van der Waals surface area contributed by atoms with E-state index in [1.54, 1.807) is 67.8 Å². The molecule has 780 valence electrons. The summed E-state index contributed by atoms with van der Waals surface area (Å²) in [5.41, 5.74) is 24.0. The van der Waals surface area contributed by atoms with E-state index < -0.39 is 15.6 Å². The molecule has 10 heterocycles. The number of aromatic nitrogens is 10. The fourth-order valence-electron chi connectivity index (χ4n) is 16.6. The number of fused-ring (bicyclic) bond motifs is 5. The van der Waals surface area contributed by atoms with Crippen LogP contribution in [0.3, 0.4) is 0 Å². The number of aromatic amines is 1. The van der Waals surface area contributed by atoms with Crippen LogP contribution in [0.1, 0.15) is 119 Å². The highest BCUT2D eigenvalue weighted by Crippen LogP contribution is 2.43. The summed E-state index contributed by atoms with van der Waals surface area (Å²) in [7, 11) is 25.7. The van der Waals surface area contributed by atoms with Crippen LogP contribution in [-0.2, 0) is 61.6 Å². The first-order chi connectivity index (χ1) is 70.3. The Labute approximate surface area is 867 Å². The molecule has 34 nitrogen and oxygen atoms in total. The second-order valence-electron chi connectivity index (χ2n) is 37.2. The smallest absolute Gasteiger partial charge is 0.410 e. The molecule has 1 atom stereocenters. The Morgan fingerprint density at radius 1 is 0.527 bits per heavy atom. The number of carbonyl (C=O) groups excluding carboxylic acids is 3. The molecule has 5 aliphatic heterocycles. The Balaban J connectivity index is 0.000000153. The molecule has 146 heavy (non-hydrogen) atoms. The minimum absolute atomic E-state index is 0.0155. The molecule has 5 amide bonds. The number of allylic oxidation sites excluding steroid dienone is 1. The van der Waals surface area contributed by atoms with Gasteiger partial charge < -0.3 is 82.8 Å². The maximum absolute atomic E-state index is 11.7. The summed E-state index contributed by atoms with van der Waals surface area (Å²) in [5, 5.41) is 54.4. The van der Waals surface area contributed by atoms with Gasteiger partial charge in [-0.3, -0.25) is 28.9 Å². The van der Waals surface area contributed by atoms with E-state index >= 15 is 0 Å². The molecule has 8 aliphatic rings. The van der Waals surface area contributed by atoms with E-state index in [9.17, 15) is 22.8 Å². The molecular weight excluding hydrogens is 1870 g/mol. The minimum Gasteiger partial charge on any atom is -0.444 e. The second kappa shape index (κ2) is 54.9. The van der Waals surface area contributed by atoms with Crippen LogP contribution in [0.25, 0.3) is 33.1 Å². The van der Waals surface area contributed by atoms with Gasteiger partial charge in [0, 0.05) is 267 Å². The van der Waals surface area contributed by atoms with Crippen molar-refractivity contribution in [2.75, 3.05) is 211 Å². The van der Waals surface area contributed by atoms with Gasteiger partial charge in [-0.05, 0) is 230 Å². The molecule has 0 spiro atoms. The normalized spacial score (nSPS) is 14.7. The second-order valence-corrected chi connectivity index (χ2v) is 39.9. The van der Waals surface area contributed by atoms with Gasteiger partial charge in [0.1, 0.15) is 23.6 Å². The summed E-state index contributed by atoms with van der Waals surface area (Å²) < 4.78 is 36.4. The Morgan fingerprint density at radius 2 is 1.07 bits per heavy atom. The molecule has 13 N–H and O–H groups in total. The SMILES string of the molecule is C=C(C)Nc1nc2c(s1)-c1cc(NC)ccc1CC2.CCNS(=O)(=O)c1cccc(NC)c1.CN1CCCc2ccccc21.CN1CCc2ccccc21.CN[C@H]1CCN(C(=O)OC(C)(C)C)C1.CNc1cc(C2CC2)nn1C.CNc1cc(C2CC2)nn1C.CNc1cccc(-c2ccn(C)n2)c1.CNc1cccc(-c2ncn[nH]2)c1.CNc1cccc(N2CCN(C)C2=O)c1.CNc1cccc(N2CCNC2=O)c1. The first-order valence-electron chi connectivity index (χ1n) is 50.0. The van der Waals surface area contributed by atoms with Crippen molar-refractivity contribution >= 4 is 113 Å². The molecule has 5 aromatic heterocycles. The summed E-state index contributed by atoms with van der Waals surface area (Å²) >= 11 is 1.71. The van der Waals surface area contributed by atoms with E-state index in [0.717, 1.165) is 161 Å². The summed E-state index contributed by atoms with van der Waals surface area (Å²) in [6, 6.07) is 69.1. The fraction of sp³-hybridized carbons (Fsp3) is 0.391. The zero-order chi connectivity index (χ0) is 105. The lowest BCUT2D eigenvalue weighted by Crippen LogP contribution is -2.37. The van der Waals surface area contributed by atoms with Gasteiger partial charge in [-0.25, -0.2) is 37.5 Å². The highest BCUT2D eigenvalue weighted by molar-refractivity contribution is 7.89. The number of carbonyl (C=O) groups is 3. The van der Waals surface area contributed by atoms with Crippen molar-refractivity contribution in [3.05, 3.63) is 265 Å². The summed E-state index contributed by atoms with van der Waals surface area (Å²) in [5.74, 6) is 4.50. The van der Waals surface area contributed by atoms with Crippen molar-refractivity contribution in [3.63, 3.8) is 0 Å². The molecule has 0 unspecified atom stereocenters. The number of thiazole rings is 1. The van der Waals surface area contributed by atoms with Crippen LogP contribution in [0, 0.1) is 0 Å². The summed E-state index contributed by atoms with van der Waals surface area (Å²) in [4.78, 5) is 56.7. The van der Waals surface area contributed by atoms with Crippen molar-refractivity contribution in [2.24, 2.45) is 21.1 Å². The lowest BCUT2D eigenvalue weighted by atomic mass is 9.93. The van der Waals surface area contributed by atoms with E-state index in [4.69, 9.17) is 4.74 Å². The number of ether oxygens (including phenoxy) is 1. The van der Waals surface area contributed by atoms with Crippen LogP contribution >= 0.6 is 11.3 Å². The molecular formula is C110H152N28O6S2. The number of H-pyrrole nitrogens is 1. The molecule has 0 bridgehead atoms. The number of sulfonamides is 1. The number of hydrogen-bond acceptors (Lipinski definition) is 25. The van der Waals surface area contributed by atoms with Gasteiger partial charge in [-0.1, -0.05) is 110 Å². The Bertz CT molecular complexity index is 6380. The Morgan fingerprint density at radius 3 is 1.56 bits per heavy atom. The predicted molar refractivity (Wildman–Crippen MR) is 604 cm³/mol. The molecule has 3 saturated heterocycles. The summed E-state index contributed by atoms with van der Waals surface area (Å²) in [6.07, 6.45) is 15.4. The molecule has 36 heteroatoms. The first kappa shape index (κ1) is 112. The Kier molecular flexibility index (Phi) is 42.0. The third-order valence-electron chi connectivity index (χ3n) is 25.0. The monoisotopic (exact) mass is 2030 g/mol. The molecule has 13 aromatic rings. The number of nitrogens with one attached hydrogen (secondary N) is 13. The van der Waals surface area contributed by atoms with E-state index in [1.165, 1.54) is 120 Å². The van der Waals surface area contributed by atoms with Crippen LogP contribution in [0.15, 0.2) is 236 Å². The standard InChI is InChI=1S/C15H17N3S.C11H15N3O.C11H13N3.C10H13N3O.C10H20N2O2.C10H13N.C9H10N4.C9H14N2O2S.C9H11N.2C8H13N3/c1-9(2)17-15-18-13-7-5-10-4-6-11(16-3)8-12(10)14(13)19-15;1-12-9-4-3-5-10(8-9)14-7-6-13(2)11(14)15;1-12-10-5-3-4-9(8-10)11-6-7-14(2)13-11;1-11-8-3-2-4-9(7-8)13-6-5-12-10(13)14;1-10(2,3)14-9(13)12-6-5-8(7-12)11-4;1-11-8-4-6-9-5-2-3-7-10(9)11;1-10-8-4-2-3-7(5-8)9-11-6-12-13-9;1-3-11-14(12,13)9-6-4-5-8(7-9)10-2;1-10-7-6-8-4-2-3-5-9(8)10;2*1-9-8-5-7(6-3-4-6)10-11(8)2/h4,6,8,16H,1,5,7H2,2-3H3,(H,17,18);3-5,8,12H,6-7H2,1-2H3;3-8,12H,1-2H3;2-4,7,11H,5-6H2,1H3,(H,12,14);8,11H,5-7H2,1-4H3;2-3,5,7H,4,6,8H2,1H3;2-6,10H,1H3,(H,11,12,13);4-7,10-11H,3H2,1-2H3;2-5H,6-7H2,1H3;2*5-6,9H,3-4H2,1-2H3/t;;;;8-;;;;;;/m....0....../s1. The quantitative estimate of drug-likeness (QED) is 0.0337. The van der Waals surface area contributed by atoms with Crippen molar-refractivity contribution in [1.82, 2.24) is 74.7 Å². The third-order valence-corrected chi connectivity index (χ3v) is 27.6.